The van der Waals surface area contributed by atoms with E-state index in [0.29, 0.717) is 10.4 Å². The van der Waals surface area contributed by atoms with Gasteiger partial charge in [-0.1, -0.05) is 6.07 Å². The van der Waals surface area contributed by atoms with Gasteiger partial charge in [-0.25, -0.2) is 9.18 Å². The Kier molecular flexibility index (Phi) is 6.10. The number of carbonyl (C=O) groups excluding carboxylic acids is 3. The molecule has 2 rings (SSSR count). The van der Waals surface area contributed by atoms with Crippen molar-refractivity contribution in [2.75, 3.05) is 26.0 Å². The molecule has 6 nitrogen and oxygen atoms in total. The molecule has 0 saturated carbocycles. The van der Waals surface area contributed by atoms with Gasteiger partial charge >= 0.3 is 5.97 Å². The summed E-state index contributed by atoms with van der Waals surface area (Å²) in [5.41, 5.74) is 0.667. The molecule has 1 N–H and O–H groups in total. The van der Waals surface area contributed by atoms with Crippen LogP contribution in [-0.2, 0) is 4.74 Å². The first kappa shape index (κ1) is 19.6. The van der Waals surface area contributed by atoms with Crippen LogP contribution >= 0.6 is 11.3 Å². The third-order valence-corrected chi connectivity index (χ3v) is 4.74. The first-order chi connectivity index (χ1) is 12.3. The van der Waals surface area contributed by atoms with Gasteiger partial charge < -0.3 is 15.0 Å². The van der Waals surface area contributed by atoms with Crippen LogP contribution in [0.1, 0.15) is 42.9 Å². The lowest BCUT2D eigenvalue weighted by Crippen LogP contribution is -2.21. The van der Waals surface area contributed by atoms with Crippen LogP contribution in [0.25, 0.3) is 0 Å². The molecular weight excluding hydrogens is 359 g/mol. The Bertz CT molecular complexity index is 861. The Balaban J connectivity index is 2.45. The molecular formula is C18H19FN2O4S. The lowest BCUT2D eigenvalue weighted by Gasteiger charge is -2.09. The monoisotopic (exact) mass is 378 g/mol. The van der Waals surface area contributed by atoms with Gasteiger partial charge in [-0.15, -0.1) is 11.3 Å². The van der Waals surface area contributed by atoms with Gasteiger partial charge in [0.2, 0.25) is 0 Å². The van der Waals surface area contributed by atoms with E-state index in [2.05, 4.69) is 5.32 Å². The second kappa shape index (κ2) is 8.09. The Morgan fingerprint density at radius 3 is 2.54 bits per heavy atom. The predicted octanol–water partition coefficient (Wildman–Crippen LogP) is 3.33. The van der Waals surface area contributed by atoms with Crippen molar-refractivity contribution in [3.8, 4) is 0 Å². The van der Waals surface area contributed by atoms with Gasteiger partial charge in [0, 0.05) is 19.7 Å². The smallest absolute Gasteiger partial charge is 0.341 e. The van der Waals surface area contributed by atoms with E-state index in [0.717, 1.165) is 17.4 Å². The van der Waals surface area contributed by atoms with Crippen LogP contribution in [0.15, 0.2) is 24.3 Å². The van der Waals surface area contributed by atoms with Gasteiger partial charge in [-0.3, -0.25) is 9.59 Å². The standard InChI is InChI=1S/C18H19FN2O4S/c1-5-25-18(24)13-10(2)14(17(23)21(3)4)26-16(13)20-15(22)11-7-6-8-12(19)9-11/h6-9H,5H2,1-4H3,(H,20,22). The van der Waals surface area contributed by atoms with Crippen molar-refractivity contribution in [1.29, 1.82) is 0 Å². The maximum Gasteiger partial charge on any atom is 0.341 e. The molecule has 0 bridgehead atoms. The number of amides is 2. The van der Waals surface area contributed by atoms with Crippen molar-refractivity contribution in [3.63, 3.8) is 0 Å². The molecule has 0 fully saturated rings. The number of hydrogen-bond acceptors (Lipinski definition) is 5. The maximum atomic E-state index is 13.3. The minimum absolute atomic E-state index is 0.103. The molecule has 0 atom stereocenters. The predicted molar refractivity (Wildman–Crippen MR) is 97.4 cm³/mol. The number of ether oxygens (including phenoxy) is 1. The molecule has 26 heavy (non-hydrogen) atoms. The molecule has 0 unspecified atom stereocenters. The number of nitrogens with zero attached hydrogens (tertiary/aromatic N) is 1. The maximum absolute atomic E-state index is 13.3. The summed E-state index contributed by atoms with van der Waals surface area (Å²) in [6.45, 7) is 3.44. The van der Waals surface area contributed by atoms with E-state index in [1.54, 1.807) is 27.9 Å². The van der Waals surface area contributed by atoms with Crippen LogP contribution in [0.4, 0.5) is 9.39 Å². The first-order valence-corrected chi connectivity index (χ1v) is 8.67. The number of thiophene rings is 1. The van der Waals surface area contributed by atoms with E-state index >= 15 is 0 Å². The van der Waals surface area contributed by atoms with Gasteiger partial charge in [0.15, 0.2) is 0 Å². The molecule has 1 heterocycles. The van der Waals surface area contributed by atoms with Crippen molar-refractivity contribution in [3.05, 3.63) is 51.7 Å². The second-order valence-corrected chi connectivity index (χ2v) is 6.67. The van der Waals surface area contributed by atoms with E-state index in [1.165, 1.54) is 23.1 Å². The fourth-order valence-electron chi connectivity index (χ4n) is 2.26. The van der Waals surface area contributed by atoms with Crippen LogP contribution in [0, 0.1) is 12.7 Å². The normalized spacial score (nSPS) is 10.3. The molecule has 0 aliphatic rings. The molecule has 2 amide bonds. The van der Waals surface area contributed by atoms with Crippen molar-refractivity contribution in [2.45, 2.75) is 13.8 Å². The molecule has 1 aromatic heterocycles. The minimum atomic E-state index is -0.631. The molecule has 0 radical (unpaired) electrons. The largest absolute Gasteiger partial charge is 0.462 e. The number of benzene rings is 1. The van der Waals surface area contributed by atoms with Crippen LogP contribution in [0.5, 0.6) is 0 Å². The van der Waals surface area contributed by atoms with Crippen LogP contribution in [0.3, 0.4) is 0 Å². The van der Waals surface area contributed by atoms with E-state index in [-0.39, 0.29) is 28.6 Å². The summed E-state index contributed by atoms with van der Waals surface area (Å²) >= 11 is 0.986. The number of esters is 1. The average molecular weight is 378 g/mol. The highest BCUT2D eigenvalue weighted by Gasteiger charge is 2.27. The Morgan fingerprint density at radius 1 is 1.27 bits per heavy atom. The fraction of sp³-hybridized carbons (Fsp3) is 0.278. The van der Waals surface area contributed by atoms with Gasteiger partial charge in [-0.2, -0.15) is 0 Å². The van der Waals surface area contributed by atoms with E-state index in [1.807, 2.05) is 0 Å². The zero-order valence-electron chi connectivity index (χ0n) is 14.9. The van der Waals surface area contributed by atoms with Crippen LogP contribution < -0.4 is 5.32 Å². The Labute approximate surface area is 154 Å². The summed E-state index contributed by atoms with van der Waals surface area (Å²) < 4.78 is 18.4. The number of nitrogens with one attached hydrogen (secondary N) is 1. The summed E-state index contributed by atoms with van der Waals surface area (Å²) in [7, 11) is 3.19. The Morgan fingerprint density at radius 2 is 1.96 bits per heavy atom. The molecule has 1 aromatic carbocycles. The minimum Gasteiger partial charge on any atom is -0.462 e. The van der Waals surface area contributed by atoms with Crippen LogP contribution in [0.2, 0.25) is 0 Å². The number of carbonyl (C=O) groups is 3. The zero-order valence-corrected chi connectivity index (χ0v) is 15.7. The van der Waals surface area contributed by atoms with Crippen molar-refractivity contribution in [1.82, 2.24) is 4.90 Å². The van der Waals surface area contributed by atoms with Crippen LogP contribution in [-0.4, -0.2) is 43.4 Å². The summed E-state index contributed by atoms with van der Waals surface area (Å²) in [5, 5.41) is 2.78. The third-order valence-electron chi connectivity index (χ3n) is 3.54. The molecule has 2 aromatic rings. The highest BCUT2D eigenvalue weighted by Crippen LogP contribution is 2.34. The lowest BCUT2D eigenvalue weighted by molar-refractivity contribution is 0.0527. The van der Waals surface area contributed by atoms with Gasteiger partial charge in [0.05, 0.1) is 17.0 Å². The summed E-state index contributed by atoms with van der Waals surface area (Å²) in [4.78, 5) is 38.8. The first-order valence-electron chi connectivity index (χ1n) is 7.85. The highest BCUT2D eigenvalue weighted by molar-refractivity contribution is 7.18. The molecule has 0 saturated heterocycles. The molecule has 0 aliphatic heterocycles. The van der Waals surface area contributed by atoms with E-state index < -0.39 is 17.7 Å². The number of rotatable bonds is 5. The van der Waals surface area contributed by atoms with Gasteiger partial charge in [-0.05, 0) is 37.6 Å². The quantitative estimate of drug-likeness (QED) is 0.810. The number of hydrogen-bond donors (Lipinski definition) is 1. The third kappa shape index (κ3) is 4.08. The second-order valence-electron chi connectivity index (χ2n) is 5.64. The molecule has 8 heteroatoms. The topological polar surface area (TPSA) is 75.7 Å². The Hall–Kier alpha value is -2.74. The van der Waals surface area contributed by atoms with Crippen molar-refractivity contribution < 1.29 is 23.5 Å². The molecule has 0 spiro atoms. The SMILES string of the molecule is CCOC(=O)c1c(NC(=O)c2cccc(F)c2)sc(C(=O)N(C)C)c1C. The summed E-state index contributed by atoms with van der Waals surface area (Å²) in [6, 6.07) is 5.18. The van der Waals surface area contributed by atoms with E-state index in [9.17, 15) is 18.8 Å². The highest BCUT2D eigenvalue weighted by atomic mass is 32.1. The lowest BCUT2D eigenvalue weighted by atomic mass is 10.1. The fourth-order valence-corrected chi connectivity index (χ4v) is 3.47. The average Bonchev–Trinajstić information content (AvgIpc) is 2.90. The van der Waals surface area contributed by atoms with E-state index in [4.69, 9.17) is 4.74 Å². The summed E-state index contributed by atoms with van der Waals surface area (Å²) in [5.74, 6) is -2.05. The van der Waals surface area contributed by atoms with Gasteiger partial charge in [0.1, 0.15) is 10.8 Å². The number of anilines is 1. The van der Waals surface area contributed by atoms with Gasteiger partial charge in [0.25, 0.3) is 11.8 Å². The number of halogens is 1. The molecule has 138 valence electrons. The summed E-state index contributed by atoms with van der Waals surface area (Å²) in [6.07, 6.45) is 0. The van der Waals surface area contributed by atoms with Crippen molar-refractivity contribution in [2.24, 2.45) is 0 Å². The zero-order chi connectivity index (χ0) is 19.4. The van der Waals surface area contributed by atoms with Crippen molar-refractivity contribution >= 4 is 34.1 Å². The molecule has 0 aliphatic carbocycles.